The SMILES string of the molecule is Cc1nc(-c2cccc(C(=O)N3[C@@H]4CC[C@H]3CC(=O)NCCOc3ccc(F)cc3C(=O)NC4)c2)no1. The van der Waals surface area contributed by atoms with Crippen LogP contribution in [0.5, 0.6) is 5.75 Å². The maximum Gasteiger partial charge on any atom is 0.255 e. The van der Waals surface area contributed by atoms with Crippen molar-refractivity contribution in [2.45, 2.75) is 38.3 Å². The van der Waals surface area contributed by atoms with E-state index in [9.17, 15) is 18.8 Å². The number of aromatic nitrogens is 2. The number of nitrogens with one attached hydrogen (secondary N) is 2. The van der Waals surface area contributed by atoms with Gasteiger partial charge in [-0.2, -0.15) is 4.98 Å². The van der Waals surface area contributed by atoms with Crippen molar-refractivity contribution in [1.82, 2.24) is 25.7 Å². The van der Waals surface area contributed by atoms with Crippen LogP contribution in [-0.4, -0.2) is 64.5 Å². The van der Waals surface area contributed by atoms with E-state index in [4.69, 9.17) is 9.26 Å². The zero-order chi connectivity index (χ0) is 25.9. The van der Waals surface area contributed by atoms with Crippen LogP contribution in [0.4, 0.5) is 4.39 Å². The van der Waals surface area contributed by atoms with E-state index in [1.165, 1.54) is 12.1 Å². The average molecular weight is 508 g/mol. The third-order valence-corrected chi connectivity index (χ3v) is 6.54. The van der Waals surface area contributed by atoms with Crippen molar-refractivity contribution in [2.24, 2.45) is 0 Å². The van der Waals surface area contributed by atoms with Crippen LogP contribution < -0.4 is 15.4 Å². The lowest BCUT2D eigenvalue weighted by Gasteiger charge is -2.31. The molecule has 0 aliphatic carbocycles. The minimum absolute atomic E-state index is 0.0546. The van der Waals surface area contributed by atoms with Gasteiger partial charge in [0.15, 0.2) is 0 Å². The summed E-state index contributed by atoms with van der Waals surface area (Å²) in [4.78, 5) is 45.3. The molecule has 0 saturated carbocycles. The van der Waals surface area contributed by atoms with Crippen LogP contribution in [-0.2, 0) is 4.79 Å². The van der Waals surface area contributed by atoms with E-state index in [0.29, 0.717) is 35.7 Å². The molecule has 10 nitrogen and oxygen atoms in total. The second-order valence-corrected chi connectivity index (χ2v) is 9.07. The van der Waals surface area contributed by atoms with Crippen molar-refractivity contribution in [3.63, 3.8) is 0 Å². The normalized spacial score (nSPS) is 20.3. The van der Waals surface area contributed by atoms with Crippen molar-refractivity contribution in [3.05, 3.63) is 65.3 Å². The predicted octanol–water partition coefficient (Wildman–Crippen LogP) is 2.49. The number of ether oxygens (including phenoxy) is 1. The fourth-order valence-electron chi connectivity index (χ4n) is 4.80. The van der Waals surface area contributed by atoms with Gasteiger partial charge in [-0.05, 0) is 43.2 Å². The Labute approximate surface area is 212 Å². The summed E-state index contributed by atoms with van der Waals surface area (Å²) in [6.45, 7) is 2.13. The number of rotatable bonds is 2. The van der Waals surface area contributed by atoms with Gasteiger partial charge in [-0.25, -0.2) is 4.39 Å². The summed E-state index contributed by atoms with van der Waals surface area (Å²) in [6.07, 6.45) is 1.33. The molecular weight excluding hydrogens is 481 g/mol. The molecule has 0 radical (unpaired) electrons. The number of aryl methyl sites for hydroxylation is 1. The summed E-state index contributed by atoms with van der Waals surface area (Å²) >= 11 is 0. The summed E-state index contributed by atoms with van der Waals surface area (Å²) in [7, 11) is 0. The Hall–Kier alpha value is -4.28. The number of hydrogen-bond donors (Lipinski definition) is 2. The lowest BCUT2D eigenvalue weighted by atomic mass is 10.1. The summed E-state index contributed by atoms with van der Waals surface area (Å²) < 4.78 is 24.6. The summed E-state index contributed by atoms with van der Waals surface area (Å²) in [5, 5.41) is 9.55. The van der Waals surface area contributed by atoms with E-state index in [2.05, 4.69) is 20.8 Å². The summed E-state index contributed by atoms with van der Waals surface area (Å²) in [6, 6.07) is 9.90. The zero-order valence-corrected chi connectivity index (χ0v) is 20.2. The van der Waals surface area contributed by atoms with Crippen LogP contribution in [0.2, 0.25) is 0 Å². The van der Waals surface area contributed by atoms with Gasteiger partial charge in [-0.1, -0.05) is 17.3 Å². The van der Waals surface area contributed by atoms with Gasteiger partial charge < -0.3 is 24.8 Å². The first-order valence-corrected chi connectivity index (χ1v) is 12.1. The molecule has 2 aliphatic rings. The van der Waals surface area contributed by atoms with E-state index in [1.807, 2.05) is 0 Å². The number of amides is 3. The van der Waals surface area contributed by atoms with Crippen molar-refractivity contribution >= 4 is 17.7 Å². The Kier molecular flexibility index (Phi) is 6.85. The number of nitrogens with zero attached hydrogens (tertiary/aromatic N) is 3. The van der Waals surface area contributed by atoms with Crippen LogP contribution in [0, 0.1) is 12.7 Å². The molecule has 0 unspecified atom stereocenters. The molecule has 1 fully saturated rings. The second-order valence-electron chi connectivity index (χ2n) is 9.07. The molecule has 37 heavy (non-hydrogen) atoms. The molecule has 2 aromatic carbocycles. The fraction of sp³-hybridized carbons (Fsp3) is 0.346. The monoisotopic (exact) mass is 507 g/mol. The Morgan fingerprint density at radius 3 is 2.76 bits per heavy atom. The molecule has 3 heterocycles. The molecule has 11 heteroatoms. The van der Waals surface area contributed by atoms with Gasteiger partial charge in [0.05, 0.1) is 12.1 Å². The Morgan fingerprint density at radius 2 is 1.95 bits per heavy atom. The fourth-order valence-corrected chi connectivity index (χ4v) is 4.80. The minimum Gasteiger partial charge on any atom is -0.491 e. The second kappa shape index (κ2) is 10.4. The molecule has 0 spiro atoms. The molecule has 1 saturated heterocycles. The Balaban J connectivity index is 1.43. The topological polar surface area (TPSA) is 127 Å². The molecule has 2 atom stereocenters. The molecular formula is C26H26FN5O5. The maximum atomic E-state index is 13.9. The first-order valence-electron chi connectivity index (χ1n) is 12.1. The number of fused-ring (bicyclic) bond motifs is 3. The Bertz CT molecular complexity index is 1340. The van der Waals surface area contributed by atoms with Crippen molar-refractivity contribution in [3.8, 4) is 17.1 Å². The standard InChI is InChI=1S/C26H26FN5O5/c1-15-30-24(31-37-15)16-3-2-4-17(11-16)26(35)32-19-6-7-20(32)14-29-25(34)21-12-18(27)5-8-22(21)36-10-9-28-23(33)13-19/h2-5,8,11-12,19-20H,6-7,9-10,13-14H2,1H3,(H,28,33)(H,29,34)/t19-,20+/m0/s1. The highest BCUT2D eigenvalue weighted by molar-refractivity contribution is 5.98. The van der Waals surface area contributed by atoms with Gasteiger partial charge >= 0.3 is 0 Å². The van der Waals surface area contributed by atoms with Crippen LogP contribution in [0.1, 0.15) is 45.9 Å². The van der Waals surface area contributed by atoms with Gasteiger partial charge in [0.1, 0.15) is 18.2 Å². The molecule has 3 aromatic rings. The summed E-state index contributed by atoms with van der Waals surface area (Å²) in [5.41, 5.74) is 1.09. The number of hydrogen-bond acceptors (Lipinski definition) is 7. The average Bonchev–Trinajstić information content (AvgIpc) is 3.51. The van der Waals surface area contributed by atoms with E-state index in [1.54, 1.807) is 36.1 Å². The van der Waals surface area contributed by atoms with Crippen LogP contribution in [0.3, 0.4) is 0 Å². The van der Waals surface area contributed by atoms with Gasteiger partial charge in [0.2, 0.25) is 17.6 Å². The highest BCUT2D eigenvalue weighted by Crippen LogP contribution is 2.30. The lowest BCUT2D eigenvalue weighted by molar-refractivity contribution is -0.122. The minimum atomic E-state index is -0.568. The third-order valence-electron chi connectivity index (χ3n) is 6.54. The molecule has 5 rings (SSSR count). The molecule has 2 aliphatic heterocycles. The molecule has 3 amide bonds. The van der Waals surface area contributed by atoms with Gasteiger partial charge in [0, 0.05) is 43.1 Å². The van der Waals surface area contributed by atoms with E-state index in [0.717, 1.165) is 6.07 Å². The van der Waals surface area contributed by atoms with Crippen molar-refractivity contribution in [2.75, 3.05) is 19.7 Å². The van der Waals surface area contributed by atoms with Gasteiger partial charge in [0.25, 0.3) is 11.8 Å². The number of carbonyl (C=O) groups excluding carboxylic acids is 3. The lowest BCUT2D eigenvalue weighted by Crippen LogP contribution is -2.48. The van der Waals surface area contributed by atoms with E-state index < -0.39 is 11.7 Å². The van der Waals surface area contributed by atoms with Gasteiger partial charge in [-0.3, -0.25) is 14.4 Å². The van der Waals surface area contributed by atoms with Crippen molar-refractivity contribution < 1.29 is 28.0 Å². The summed E-state index contributed by atoms with van der Waals surface area (Å²) in [5.74, 6) is -0.538. The van der Waals surface area contributed by atoms with E-state index >= 15 is 0 Å². The number of halogens is 1. The Morgan fingerprint density at radius 1 is 1.11 bits per heavy atom. The van der Waals surface area contributed by atoms with Gasteiger partial charge in [-0.15, -0.1) is 0 Å². The molecule has 192 valence electrons. The maximum absolute atomic E-state index is 13.9. The van der Waals surface area contributed by atoms with Crippen LogP contribution in [0.15, 0.2) is 47.0 Å². The highest BCUT2D eigenvalue weighted by Gasteiger charge is 2.38. The first-order chi connectivity index (χ1) is 17.9. The number of benzene rings is 2. The molecule has 2 bridgehead atoms. The highest BCUT2D eigenvalue weighted by atomic mass is 19.1. The largest absolute Gasteiger partial charge is 0.491 e. The van der Waals surface area contributed by atoms with Crippen molar-refractivity contribution in [1.29, 1.82) is 0 Å². The zero-order valence-electron chi connectivity index (χ0n) is 20.2. The first kappa shape index (κ1) is 24.4. The predicted molar refractivity (Wildman–Crippen MR) is 129 cm³/mol. The molecule has 1 aromatic heterocycles. The molecule has 2 N–H and O–H groups in total. The number of carbonyl (C=O) groups is 3. The smallest absolute Gasteiger partial charge is 0.255 e. The third kappa shape index (κ3) is 5.30. The van der Waals surface area contributed by atoms with E-state index in [-0.39, 0.29) is 61.3 Å². The quantitative estimate of drug-likeness (QED) is 0.546. The van der Waals surface area contributed by atoms with Crippen LogP contribution in [0.25, 0.3) is 11.4 Å². The van der Waals surface area contributed by atoms with Crippen LogP contribution >= 0.6 is 0 Å².